The number of aliphatic carboxylic acids is 1. The van der Waals surface area contributed by atoms with Crippen LogP contribution in [0.15, 0.2) is 72.8 Å². The first-order chi connectivity index (χ1) is 32.2. The summed E-state index contributed by atoms with van der Waals surface area (Å²) in [7, 11) is 0. The minimum absolute atomic E-state index is 0.0142. The molecule has 2 aromatic carbocycles. The molecule has 0 unspecified atom stereocenters. The molecule has 380 valence electrons. The number of alkyl halides is 2. The van der Waals surface area contributed by atoms with Crippen LogP contribution in [0.2, 0.25) is 0 Å². The predicted octanol–water partition coefficient (Wildman–Crippen LogP) is 9.02. The third-order valence-corrected chi connectivity index (χ3v) is 11.7. The molecule has 0 saturated carbocycles. The van der Waals surface area contributed by atoms with Crippen molar-refractivity contribution >= 4 is 47.1 Å². The van der Waals surface area contributed by atoms with Crippen LogP contribution in [-0.4, -0.2) is 119 Å². The predicted molar refractivity (Wildman–Crippen MR) is 263 cm³/mol. The van der Waals surface area contributed by atoms with Gasteiger partial charge in [0.15, 0.2) is 5.78 Å². The lowest BCUT2D eigenvalue weighted by Crippen LogP contribution is -2.43. The van der Waals surface area contributed by atoms with E-state index in [1.165, 1.54) is 10.5 Å². The lowest BCUT2D eigenvalue weighted by Gasteiger charge is -2.28. The van der Waals surface area contributed by atoms with Crippen LogP contribution >= 0.6 is 0 Å². The first-order valence-electron chi connectivity index (χ1n) is 24.2. The van der Waals surface area contributed by atoms with Crippen molar-refractivity contribution in [1.29, 1.82) is 0 Å². The quantitative estimate of drug-likeness (QED) is 0.195. The van der Waals surface area contributed by atoms with Crippen molar-refractivity contribution in [3.8, 4) is 0 Å². The minimum Gasteiger partial charge on any atom is -0.480 e. The lowest BCUT2D eigenvalue weighted by atomic mass is 9.89. The highest BCUT2D eigenvalue weighted by molar-refractivity contribution is 6.03. The van der Waals surface area contributed by atoms with Crippen molar-refractivity contribution in [1.82, 2.24) is 9.80 Å². The molecule has 4 amide bonds. The number of halogens is 2. The number of carbonyl (C=O) groups is 6. The van der Waals surface area contributed by atoms with Crippen LogP contribution in [0.3, 0.4) is 0 Å². The third-order valence-electron chi connectivity index (χ3n) is 11.7. The van der Waals surface area contributed by atoms with Crippen molar-refractivity contribution in [3.63, 3.8) is 0 Å². The molecule has 6 atom stereocenters. The van der Waals surface area contributed by atoms with E-state index in [4.69, 9.17) is 20.3 Å². The van der Waals surface area contributed by atoms with Crippen molar-refractivity contribution in [2.24, 2.45) is 23.5 Å². The normalized spacial score (nSPS) is 20.9. The van der Waals surface area contributed by atoms with E-state index in [2.05, 4.69) is 33.8 Å². The van der Waals surface area contributed by atoms with Crippen LogP contribution in [0.25, 0.3) is 0 Å². The average molecular weight is 964 g/mol. The van der Waals surface area contributed by atoms with E-state index in [1.807, 2.05) is 53.4 Å². The van der Waals surface area contributed by atoms with Gasteiger partial charge >= 0.3 is 18.2 Å². The van der Waals surface area contributed by atoms with Gasteiger partial charge < -0.3 is 30.1 Å². The second kappa shape index (κ2) is 24.8. The van der Waals surface area contributed by atoms with Gasteiger partial charge in [0.25, 0.3) is 11.8 Å². The fourth-order valence-electron chi connectivity index (χ4n) is 8.74. The fraction of sp³-hybridized carbons (Fsp3) is 0.585. The molecule has 2 saturated heterocycles. The maximum Gasteiger partial charge on any atom is 0.411 e. The Morgan fingerprint density at radius 2 is 1.10 bits per heavy atom. The Kier molecular flexibility index (Phi) is 20.1. The summed E-state index contributed by atoms with van der Waals surface area (Å²) in [4.78, 5) is 79.0. The van der Waals surface area contributed by atoms with Gasteiger partial charge in [-0.15, -0.1) is 0 Å². The van der Waals surface area contributed by atoms with Gasteiger partial charge in [0, 0.05) is 55.8 Å². The van der Waals surface area contributed by atoms with Crippen molar-refractivity contribution in [2.75, 3.05) is 36.0 Å². The highest BCUT2D eigenvalue weighted by atomic mass is 19.1. The number of amides is 4. The van der Waals surface area contributed by atoms with Crippen molar-refractivity contribution < 1.29 is 52.1 Å². The zero-order chi connectivity index (χ0) is 51.4. The SMILES string of the molecule is CC(C)(C)OC(=O)N1C[C@@H](F)C[C@H]1C(=O)O.CC(C)C[C@@H](/C=C/C(=O)N1CCc2ccccc21)CC(=O)[C@@H]1C[C@H](F)CN1C(=O)OC(C)(C)C.CC(C)C[C@H](N)/C=C/C(=O)N1CCc2ccccc21. The van der Waals surface area contributed by atoms with Gasteiger partial charge in [-0.1, -0.05) is 76.2 Å². The Labute approximate surface area is 407 Å². The molecule has 4 aliphatic rings. The summed E-state index contributed by atoms with van der Waals surface area (Å²) in [6.07, 6.45) is 6.16. The summed E-state index contributed by atoms with van der Waals surface area (Å²) in [6, 6.07) is 13.9. The van der Waals surface area contributed by atoms with E-state index in [1.54, 1.807) is 64.7 Å². The zero-order valence-corrected chi connectivity index (χ0v) is 42.2. The average Bonchev–Trinajstić information content (AvgIpc) is 4.05. The Bertz CT molecular complexity index is 2170. The third kappa shape index (κ3) is 17.4. The number of fused-ring (bicyclic) bond motifs is 2. The number of hydrogen-bond donors (Lipinski definition) is 2. The Morgan fingerprint density at radius 3 is 1.54 bits per heavy atom. The smallest absolute Gasteiger partial charge is 0.411 e. The molecule has 0 aromatic heterocycles. The molecule has 16 heteroatoms. The molecule has 2 aromatic rings. The number of carbonyl (C=O) groups excluding carboxylic acids is 5. The highest BCUT2D eigenvalue weighted by Gasteiger charge is 2.43. The van der Waals surface area contributed by atoms with Crippen LogP contribution < -0.4 is 15.5 Å². The van der Waals surface area contributed by atoms with E-state index in [9.17, 15) is 37.5 Å². The maximum atomic E-state index is 14.2. The molecule has 0 bridgehead atoms. The topological polar surface area (TPSA) is 180 Å². The summed E-state index contributed by atoms with van der Waals surface area (Å²) < 4.78 is 37.7. The molecule has 4 aliphatic heterocycles. The van der Waals surface area contributed by atoms with Crippen LogP contribution in [0, 0.1) is 17.8 Å². The largest absolute Gasteiger partial charge is 0.480 e. The molecule has 3 N–H and O–H groups in total. The second-order valence-electron chi connectivity index (χ2n) is 21.1. The van der Waals surface area contributed by atoms with Crippen LogP contribution in [0.5, 0.6) is 0 Å². The number of ketones is 1. The molecule has 14 nitrogen and oxygen atoms in total. The first-order valence-corrected chi connectivity index (χ1v) is 24.2. The Morgan fingerprint density at radius 1 is 0.681 bits per heavy atom. The van der Waals surface area contributed by atoms with Crippen LogP contribution in [-0.2, 0) is 41.5 Å². The number of nitrogens with zero attached hydrogens (tertiary/aromatic N) is 4. The maximum absolute atomic E-state index is 14.2. The zero-order valence-electron chi connectivity index (χ0n) is 42.2. The van der Waals surface area contributed by atoms with Crippen LogP contribution in [0.1, 0.15) is 112 Å². The molecule has 2 fully saturated rings. The number of para-hydroxylation sites is 2. The number of rotatable bonds is 12. The standard InChI is InChI=1S/C27H37FN2O4.C16H22N2O.C10H16FNO4/c1-18(2)14-19(10-11-25(32)29-13-12-20-8-6-7-9-22(20)29)15-24(31)23-16-21(28)17-30(23)26(33)34-27(3,4)5;1-12(2)11-14(17)7-8-16(19)18-10-9-13-5-3-4-6-15(13)18;1-10(2,3)16-9(15)12-5-6(11)4-7(12)8(13)14/h6-11,18-19,21,23H,12-17H2,1-5H3;3-8,12,14H,9-11,17H2,1-2H3;6-7H,4-5H2,1-3H3,(H,13,14)/b11-10+;8-7+;/t19-,21+,23+;14-;6-,7-/m110/s1. The van der Waals surface area contributed by atoms with Crippen molar-refractivity contribution in [3.05, 3.63) is 84.0 Å². The number of carboxylic acid groups (broad SMARTS) is 1. The van der Waals surface area contributed by atoms with Crippen molar-refractivity contribution in [2.45, 2.75) is 156 Å². The number of Topliss-reactive ketones (excluding diaryl/α,β-unsaturated/α-hetero) is 1. The molecule has 4 heterocycles. The fourth-order valence-corrected chi connectivity index (χ4v) is 8.74. The van der Waals surface area contributed by atoms with Crippen LogP contribution in [0.4, 0.5) is 29.7 Å². The number of likely N-dealkylation sites (tertiary alicyclic amines) is 2. The van der Waals surface area contributed by atoms with Gasteiger partial charge in [-0.05, 0) is 114 Å². The number of ether oxygens (including phenoxy) is 2. The Hall–Kier alpha value is -5.64. The van der Waals surface area contributed by atoms with Gasteiger partial charge in [0.1, 0.15) is 29.6 Å². The summed E-state index contributed by atoms with van der Waals surface area (Å²) in [5.74, 6) is -0.790. The first kappa shape index (κ1) is 56.0. The molecule has 0 aliphatic carbocycles. The number of hydrogen-bond acceptors (Lipinski definition) is 9. The summed E-state index contributed by atoms with van der Waals surface area (Å²) >= 11 is 0. The highest BCUT2D eigenvalue weighted by Crippen LogP contribution is 2.31. The molecular formula is C53H75F2N5O9. The summed E-state index contributed by atoms with van der Waals surface area (Å²) in [5.41, 5.74) is 8.89. The second-order valence-corrected chi connectivity index (χ2v) is 21.1. The number of allylic oxidation sites excluding steroid dienone is 1. The van der Waals surface area contributed by atoms with Gasteiger partial charge in [0.2, 0.25) is 0 Å². The summed E-state index contributed by atoms with van der Waals surface area (Å²) in [5, 5.41) is 8.83. The number of nitrogens with two attached hydrogens (primary N) is 1. The monoisotopic (exact) mass is 964 g/mol. The number of anilines is 2. The molecular weight excluding hydrogens is 889 g/mol. The summed E-state index contributed by atoms with van der Waals surface area (Å²) in [6.45, 7) is 19.7. The number of benzene rings is 2. The molecule has 0 spiro atoms. The van der Waals surface area contributed by atoms with Gasteiger partial charge in [-0.25, -0.2) is 23.2 Å². The number of carboxylic acids is 1. The van der Waals surface area contributed by atoms with E-state index in [0.717, 1.165) is 47.6 Å². The van der Waals surface area contributed by atoms with E-state index >= 15 is 0 Å². The molecule has 69 heavy (non-hydrogen) atoms. The molecule has 0 radical (unpaired) electrons. The van der Waals surface area contributed by atoms with E-state index in [-0.39, 0.29) is 61.9 Å². The van der Waals surface area contributed by atoms with Gasteiger partial charge in [0.05, 0.1) is 19.1 Å². The van der Waals surface area contributed by atoms with Gasteiger partial charge in [-0.3, -0.25) is 24.2 Å². The molecule has 6 rings (SSSR count). The van der Waals surface area contributed by atoms with Gasteiger partial charge in [-0.2, -0.15) is 0 Å². The Balaban J connectivity index is 0.000000249. The lowest BCUT2D eigenvalue weighted by molar-refractivity contribution is -0.142. The minimum atomic E-state index is -1.30. The van der Waals surface area contributed by atoms with E-state index < -0.39 is 53.8 Å². The van der Waals surface area contributed by atoms with E-state index in [0.29, 0.717) is 24.8 Å².